The summed E-state index contributed by atoms with van der Waals surface area (Å²) in [6, 6.07) is 12.6. The first kappa shape index (κ1) is 16.5. The maximum Gasteiger partial charge on any atom is 0.259 e. The van der Waals surface area contributed by atoms with E-state index in [4.69, 9.17) is 4.74 Å². The SMILES string of the molecule is COc1ccccc1N(O)[C@H]1CC(=O)N(c2ccc(Br)cc2)C1=O. The van der Waals surface area contributed by atoms with E-state index in [1.165, 1.54) is 7.11 Å². The van der Waals surface area contributed by atoms with Crippen LogP contribution in [-0.2, 0) is 9.59 Å². The van der Waals surface area contributed by atoms with E-state index in [9.17, 15) is 14.8 Å². The van der Waals surface area contributed by atoms with E-state index in [0.29, 0.717) is 17.1 Å². The van der Waals surface area contributed by atoms with Gasteiger partial charge in [-0.15, -0.1) is 0 Å². The predicted octanol–water partition coefficient (Wildman–Crippen LogP) is 2.99. The van der Waals surface area contributed by atoms with Crippen molar-refractivity contribution in [2.75, 3.05) is 17.1 Å². The van der Waals surface area contributed by atoms with E-state index in [2.05, 4.69) is 15.9 Å². The number of carbonyl (C=O) groups excluding carboxylic acids is 2. The maximum absolute atomic E-state index is 12.7. The zero-order chi connectivity index (χ0) is 17.3. The molecule has 1 fully saturated rings. The van der Waals surface area contributed by atoms with Crippen LogP contribution >= 0.6 is 15.9 Å². The first-order valence-corrected chi connectivity index (χ1v) is 8.05. The number of nitrogens with zero attached hydrogens (tertiary/aromatic N) is 2. The molecule has 0 aromatic heterocycles. The van der Waals surface area contributed by atoms with Gasteiger partial charge in [0.1, 0.15) is 17.5 Å². The lowest BCUT2D eigenvalue weighted by atomic mass is 10.2. The van der Waals surface area contributed by atoms with Gasteiger partial charge in [-0.1, -0.05) is 28.1 Å². The molecule has 2 aromatic rings. The third-order valence-electron chi connectivity index (χ3n) is 3.83. The number of hydrogen-bond donors (Lipinski definition) is 1. The van der Waals surface area contributed by atoms with Crippen molar-refractivity contribution in [3.8, 4) is 5.75 Å². The molecule has 1 saturated heterocycles. The molecule has 1 aliphatic heterocycles. The summed E-state index contributed by atoms with van der Waals surface area (Å²) >= 11 is 3.32. The van der Waals surface area contributed by atoms with Crippen molar-refractivity contribution in [2.45, 2.75) is 12.5 Å². The number of hydrogen-bond acceptors (Lipinski definition) is 5. The van der Waals surface area contributed by atoms with Gasteiger partial charge < -0.3 is 4.74 Å². The lowest BCUT2D eigenvalue weighted by Crippen LogP contribution is -2.40. The van der Waals surface area contributed by atoms with Crippen LogP contribution in [0.25, 0.3) is 0 Å². The Hall–Kier alpha value is -2.38. The van der Waals surface area contributed by atoms with Crippen molar-refractivity contribution >= 4 is 39.1 Å². The molecule has 1 aliphatic rings. The van der Waals surface area contributed by atoms with Crippen molar-refractivity contribution < 1.29 is 19.5 Å². The quantitative estimate of drug-likeness (QED) is 0.641. The van der Waals surface area contributed by atoms with Crippen molar-refractivity contribution in [3.63, 3.8) is 0 Å². The number of para-hydroxylation sites is 2. The minimum atomic E-state index is -0.988. The van der Waals surface area contributed by atoms with Crippen molar-refractivity contribution in [1.29, 1.82) is 0 Å². The summed E-state index contributed by atoms with van der Waals surface area (Å²) in [6.45, 7) is 0. The van der Waals surface area contributed by atoms with Gasteiger partial charge in [0.15, 0.2) is 0 Å². The summed E-state index contributed by atoms with van der Waals surface area (Å²) in [7, 11) is 1.47. The van der Waals surface area contributed by atoms with Crippen molar-refractivity contribution in [3.05, 3.63) is 53.0 Å². The largest absolute Gasteiger partial charge is 0.494 e. The van der Waals surface area contributed by atoms with E-state index >= 15 is 0 Å². The van der Waals surface area contributed by atoms with Gasteiger partial charge in [-0.3, -0.25) is 14.8 Å². The zero-order valence-electron chi connectivity index (χ0n) is 12.8. The molecule has 0 spiro atoms. The molecular weight excluding hydrogens is 376 g/mol. The van der Waals surface area contributed by atoms with Gasteiger partial charge in [0.2, 0.25) is 5.91 Å². The minimum absolute atomic E-state index is 0.108. The Morgan fingerprint density at radius 1 is 1.17 bits per heavy atom. The van der Waals surface area contributed by atoms with E-state index < -0.39 is 11.9 Å². The van der Waals surface area contributed by atoms with Crippen molar-refractivity contribution in [2.24, 2.45) is 0 Å². The summed E-state index contributed by atoms with van der Waals surface area (Å²) in [5.41, 5.74) is 0.813. The highest BCUT2D eigenvalue weighted by atomic mass is 79.9. The van der Waals surface area contributed by atoms with Crippen LogP contribution in [0.4, 0.5) is 11.4 Å². The molecule has 6 nitrogen and oxygen atoms in total. The fourth-order valence-electron chi connectivity index (χ4n) is 2.66. The first-order chi connectivity index (χ1) is 11.5. The number of anilines is 2. The van der Waals surface area contributed by atoms with E-state index in [1.54, 1.807) is 48.5 Å². The number of benzene rings is 2. The summed E-state index contributed by atoms with van der Waals surface area (Å²) in [6.07, 6.45) is -0.108. The molecular formula is C17H15BrN2O4. The lowest BCUT2D eigenvalue weighted by molar-refractivity contribution is -0.121. The van der Waals surface area contributed by atoms with E-state index in [1.807, 2.05) is 0 Å². The number of ether oxygens (including phenoxy) is 1. The molecule has 2 aromatic carbocycles. The third kappa shape index (κ3) is 2.88. The van der Waals surface area contributed by atoms with Crippen LogP contribution in [0.15, 0.2) is 53.0 Å². The number of amides is 2. The zero-order valence-corrected chi connectivity index (χ0v) is 14.4. The monoisotopic (exact) mass is 390 g/mol. The van der Waals surface area contributed by atoms with Crippen LogP contribution in [0.5, 0.6) is 5.75 Å². The second-order valence-corrected chi connectivity index (χ2v) is 6.20. The molecule has 0 aliphatic carbocycles. The molecule has 124 valence electrons. The molecule has 0 saturated carbocycles. The van der Waals surface area contributed by atoms with E-state index in [0.717, 1.165) is 14.4 Å². The summed E-state index contributed by atoms with van der Waals surface area (Å²) in [5, 5.41) is 11.3. The van der Waals surface area contributed by atoms with Gasteiger partial charge in [0.05, 0.1) is 19.2 Å². The van der Waals surface area contributed by atoms with Crippen LogP contribution in [0.1, 0.15) is 6.42 Å². The average molecular weight is 391 g/mol. The fraction of sp³-hybridized carbons (Fsp3) is 0.176. The fourth-order valence-corrected chi connectivity index (χ4v) is 2.92. The second-order valence-electron chi connectivity index (χ2n) is 5.28. The standard InChI is InChI=1S/C17H15BrN2O4/c1-24-15-5-3-2-4-13(15)20(23)14-10-16(21)19(17(14)22)12-8-6-11(18)7-9-12/h2-9,14,23H,10H2,1H3/t14-/m0/s1. The first-order valence-electron chi connectivity index (χ1n) is 7.26. The molecule has 0 unspecified atom stereocenters. The van der Waals surface area contributed by atoms with Crippen LogP contribution in [-0.4, -0.2) is 30.2 Å². The van der Waals surface area contributed by atoms with Gasteiger partial charge in [-0.05, 0) is 36.4 Å². The molecule has 1 heterocycles. The number of halogens is 1. The van der Waals surface area contributed by atoms with Gasteiger partial charge in [-0.2, -0.15) is 0 Å². The maximum atomic E-state index is 12.7. The topological polar surface area (TPSA) is 70.1 Å². The van der Waals surface area contributed by atoms with Crippen LogP contribution < -0.4 is 14.7 Å². The number of methoxy groups -OCH3 is 1. The normalized spacial score (nSPS) is 17.3. The number of hydroxylamine groups is 1. The molecule has 3 rings (SSSR count). The summed E-state index contributed by atoms with van der Waals surface area (Å²) in [4.78, 5) is 26.1. The molecule has 0 bridgehead atoms. The Morgan fingerprint density at radius 3 is 2.50 bits per heavy atom. The Morgan fingerprint density at radius 2 is 1.83 bits per heavy atom. The summed E-state index contributed by atoms with van der Waals surface area (Å²) < 4.78 is 6.04. The van der Waals surface area contributed by atoms with Crippen LogP contribution in [0, 0.1) is 0 Å². The van der Waals surface area contributed by atoms with Crippen molar-refractivity contribution in [1.82, 2.24) is 0 Å². The molecule has 1 atom stereocenters. The highest BCUT2D eigenvalue weighted by Gasteiger charge is 2.43. The minimum Gasteiger partial charge on any atom is -0.494 e. The Balaban J connectivity index is 1.89. The third-order valence-corrected chi connectivity index (χ3v) is 4.36. The number of rotatable bonds is 4. The predicted molar refractivity (Wildman–Crippen MR) is 92.3 cm³/mol. The molecule has 7 heteroatoms. The molecule has 24 heavy (non-hydrogen) atoms. The lowest BCUT2D eigenvalue weighted by Gasteiger charge is -2.24. The molecule has 1 N–H and O–H groups in total. The number of imide groups is 1. The van der Waals surface area contributed by atoms with E-state index in [-0.39, 0.29) is 12.3 Å². The number of carbonyl (C=O) groups is 2. The molecule has 0 radical (unpaired) electrons. The smallest absolute Gasteiger partial charge is 0.259 e. The Kier molecular flexibility index (Phi) is 4.55. The van der Waals surface area contributed by atoms with Crippen LogP contribution in [0.3, 0.4) is 0 Å². The van der Waals surface area contributed by atoms with Crippen LogP contribution in [0.2, 0.25) is 0 Å². The Bertz CT molecular complexity index is 778. The van der Waals surface area contributed by atoms with Gasteiger partial charge in [0.25, 0.3) is 5.91 Å². The van der Waals surface area contributed by atoms with Gasteiger partial charge in [0, 0.05) is 4.47 Å². The highest BCUT2D eigenvalue weighted by molar-refractivity contribution is 9.10. The summed E-state index contributed by atoms with van der Waals surface area (Å²) in [5.74, 6) is -0.417. The van der Waals surface area contributed by atoms with Gasteiger partial charge >= 0.3 is 0 Å². The molecule has 2 amide bonds. The second kappa shape index (κ2) is 6.62. The Labute approximate surface area is 147 Å². The van der Waals surface area contributed by atoms with Gasteiger partial charge in [-0.25, -0.2) is 9.96 Å². The average Bonchev–Trinajstić information content (AvgIpc) is 2.89. The highest BCUT2D eigenvalue weighted by Crippen LogP contribution is 2.32.